The molecule has 0 radical (unpaired) electrons. The zero-order valence-corrected chi connectivity index (χ0v) is 15.0. The van der Waals surface area contributed by atoms with Crippen LogP contribution in [-0.4, -0.2) is 19.5 Å². The Kier molecular flexibility index (Phi) is 5.33. The third-order valence-electron chi connectivity index (χ3n) is 3.71. The second kappa shape index (κ2) is 7.50. The zero-order valence-electron chi connectivity index (χ0n) is 13.3. The van der Waals surface area contributed by atoms with Gasteiger partial charge in [0.2, 0.25) is 10.0 Å². The standard InChI is InChI=1S/C17H15FN2O4S2/c18-15-9-13-8-11(6-7-14(13)25-15)10-26(23,24)20-16(17(21)19-22)12-4-2-1-3-5-12/h1-9,16,20,22H,10H2,(H,19,21)/t16-/m1/s1. The molecule has 0 saturated heterocycles. The summed E-state index contributed by atoms with van der Waals surface area (Å²) < 4.78 is 41.3. The monoisotopic (exact) mass is 394 g/mol. The van der Waals surface area contributed by atoms with E-state index >= 15 is 0 Å². The van der Waals surface area contributed by atoms with Gasteiger partial charge in [0.1, 0.15) is 6.04 Å². The first-order chi connectivity index (χ1) is 12.4. The molecule has 3 N–H and O–H groups in total. The number of carbonyl (C=O) groups excluding carboxylic acids is 1. The van der Waals surface area contributed by atoms with E-state index in [0.717, 1.165) is 16.0 Å². The minimum absolute atomic E-state index is 0.345. The van der Waals surface area contributed by atoms with E-state index in [1.54, 1.807) is 48.5 Å². The maximum absolute atomic E-state index is 13.3. The first-order valence-electron chi connectivity index (χ1n) is 7.55. The van der Waals surface area contributed by atoms with Crippen LogP contribution in [0.4, 0.5) is 4.39 Å². The molecule has 0 fully saturated rings. The van der Waals surface area contributed by atoms with Gasteiger partial charge in [-0.3, -0.25) is 10.0 Å². The zero-order chi connectivity index (χ0) is 18.7. The number of halogens is 1. The van der Waals surface area contributed by atoms with Crippen LogP contribution >= 0.6 is 11.3 Å². The SMILES string of the molecule is O=C(NO)[C@H](NS(=O)(=O)Cc1ccc2sc(F)cc2c1)c1ccccc1. The average Bonchev–Trinajstić information content (AvgIpc) is 2.98. The van der Waals surface area contributed by atoms with Crippen LogP contribution in [0.3, 0.4) is 0 Å². The third-order valence-corrected chi connectivity index (χ3v) is 5.92. The number of carbonyl (C=O) groups is 1. The summed E-state index contributed by atoms with van der Waals surface area (Å²) in [6.07, 6.45) is 0. The maximum atomic E-state index is 13.3. The molecule has 2 aromatic carbocycles. The van der Waals surface area contributed by atoms with Gasteiger partial charge in [0, 0.05) is 4.70 Å². The number of nitrogens with one attached hydrogen (secondary N) is 2. The minimum atomic E-state index is -3.91. The van der Waals surface area contributed by atoms with Gasteiger partial charge in [-0.05, 0) is 34.7 Å². The summed E-state index contributed by atoms with van der Waals surface area (Å²) in [5, 5.41) is 9.18. The van der Waals surface area contributed by atoms with Gasteiger partial charge >= 0.3 is 0 Å². The molecule has 0 saturated carbocycles. The highest BCUT2D eigenvalue weighted by atomic mass is 32.2. The lowest BCUT2D eigenvalue weighted by atomic mass is 10.1. The number of thiophene rings is 1. The van der Waals surface area contributed by atoms with Crippen molar-refractivity contribution in [2.45, 2.75) is 11.8 Å². The Balaban J connectivity index is 1.84. The lowest BCUT2D eigenvalue weighted by Crippen LogP contribution is -2.39. The summed E-state index contributed by atoms with van der Waals surface area (Å²) in [5.41, 5.74) is 2.32. The first kappa shape index (κ1) is 18.5. The molecule has 1 heterocycles. The molecule has 6 nitrogen and oxygen atoms in total. The average molecular weight is 394 g/mol. The number of fused-ring (bicyclic) bond motifs is 1. The molecule has 0 unspecified atom stereocenters. The number of hydroxylamine groups is 1. The topological polar surface area (TPSA) is 95.5 Å². The molecule has 1 amide bonds. The van der Waals surface area contributed by atoms with E-state index in [1.165, 1.54) is 11.5 Å². The minimum Gasteiger partial charge on any atom is -0.289 e. The first-order valence-corrected chi connectivity index (χ1v) is 10.0. The molecule has 9 heteroatoms. The Morgan fingerprint density at radius 3 is 2.58 bits per heavy atom. The normalized spacial score (nSPS) is 12.8. The molecule has 0 aliphatic heterocycles. The fourth-order valence-corrected chi connectivity index (χ4v) is 4.65. The van der Waals surface area contributed by atoms with E-state index in [4.69, 9.17) is 5.21 Å². The van der Waals surface area contributed by atoms with E-state index in [1.807, 2.05) is 0 Å². The number of hydrogen-bond donors (Lipinski definition) is 3. The van der Waals surface area contributed by atoms with Crippen molar-refractivity contribution in [3.8, 4) is 0 Å². The Labute approximate surface area is 153 Å². The molecular formula is C17H15FN2O4S2. The number of sulfonamides is 1. The van der Waals surface area contributed by atoms with E-state index in [9.17, 15) is 17.6 Å². The summed E-state index contributed by atoms with van der Waals surface area (Å²) in [5.74, 6) is -1.28. The van der Waals surface area contributed by atoms with Gasteiger partial charge in [-0.2, -0.15) is 9.11 Å². The van der Waals surface area contributed by atoms with E-state index in [-0.39, 0.29) is 10.9 Å². The van der Waals surface area contributed by atoms with Crippen LogP contribution in [0, 0.1) is 5.13 Å². The number of amides is 1. The maximum Gasteiger partial charge on any atom is 0.266 e. The van der Waals surface area contributed by atoms with Crippen molar-refractivity contribution in [2.75, 3.05) is 0 Å². The van der Waals surface area contributed by atoms with Crippen molar-refractivity contribution in [3.05, 3.63) is 70.9 Å². The van der Waals surface area contributed by atoms with Gasteiger partial charge < -0.3 is 0 Å². The van der Waals surface area contributed by atoms with Crippen molar-refractivity contribution in [3.63, 3.8) is 0 Å². The fraction of sp³-hybridized carbons (Fsp3) is 0.118. The van der Waals surface area contributed by atoms with Crippen molar-refractivity contribution in [1.82, 2.24) is 10.2 Å². The second-order valence-corrected chi connectivity index (χ2v) is 8.41. The van der Waals surface area contributed by atoms with E-state index in [0.29, 0.717) is 16.5 Å². The molecule has 3 aromatic rings. The Morgan fingerprint density at radius 2 is 1.88 bits per heavy atom. The largest absolute Gasteiger partial charge is 0.289 e. The van der Waals surface area contributed by atoms with Crippen LogP contribution in [0.1, 0.15) is 17.2 Å². The van der Waals surface area contributed by atoms with Gasteiger partial charge in [0.05, 0.1) is 5.75 Å². The van der Waals surface area contributed by atoms with Crippen molar-refractivity contribution >= 4 is 37.4 Å². The Hall–Kier alpha value is -2.33. The summed E-state index contributed by atoms with van der Waals surface area (Å²) in [6, 6.07) is 13.1. The molecule has 0 aliphatic rings. The Bertz CT molecular complexity index is 1040. The van der Waals surface area contributed by atoms with Crippen LogP contribution in [0.15, 0.2) is 54.6 Å². The van der Waals surface area contributed by atoms with Crippen molar-refractivity contribution in [1.29, 1.82) is 0 Å². The predicted molar refractivity (Wildman–Crippen MR) is 96.7 cm³/mol. The number of hydrogen-bond acceptors (Lipinski definition) is 5. The van der Waals surface area contributed by atoms with E-state index in [2.05, 4.69) is 4.72 Å². The van der Waals surface area contributed by atoms with Crippen molar-refractivity contribution < 1.29 is 22.8 Å². The van der Waals surface area contributed by atoms with Crippen molar-refractivity contribution in [2.24, 2.45) is 0 Å². The molecule has 0 spiro atoms. The molecule has 1 atom stereocenters. The molecular weight excluding hydrogens is 379 g/mol. The third kappa shape index (κ3) is 4.25. The van der Waals surface area contributed by atoms with E-state index < -0.39 is 22.0 Å². The van der Waals surface area contributed by atoms with Gasteiger partial charge in [0.25, 0.3) is 5.91 Å². The number of benzene rings is 2. The highest BCUT2D eigenvalue weighted by Gasteiger charge is 2.26. The second-order valence-electron chi connectivity index (χ2n) is 5.62. The van der Waals surface area contributed by atoms with Crippen LogP contribution in [0.2, 0.25) is 0 Å². The lowest BCUT2D eigenvalue weighted by Gasteiger charge is -2.17. The van der Waals surface area contributed by atoms with Crippen LogP contribution in [0.25, 0.3) is 10.1 Å². The molecule has 26 heavy (non-hydrogen) atoms. The quantitative estimate of drug-likeness (QED) is 0.442. The van der Waals surface area contributed by atoms with Crippen LogP contribution in [-0.2, 0) is 20.6 Å². The van der Waals surface area contributed by atoms with Gasteiger partial charge in [-0.1, -0.05) is 36.4 Å². The predicted octanol–water partition coefficient (Wildman–Crippen LogP) is 2.71. The van der Waals surface area contributed by atoms with Gasteiger partial charge in [-0.25, -0.2) is 13.9 Å². The van der Waals surface area contributed by atoms with Gasteiger partial charge in [-0.15, -0.1) is 11.3 Å². The summed E-state index contributed by atoms with van der Waals surface area (Å²) in [6.45, 7) is 0. The number of rotatable bonds is 6. The van der Waals surface area contributed by atoms with Crippen LogP contribution < -0.4 is 10.2 Å². The van der Waals surface area contributed by atoms with Gasteiger partial charge in [0.15, 0.2) is 5.13 Å². The Morgan fingerprint density at radius 1 is 1.15 bits per heavy atom. The highest BCUT2D eigenvalue weighted by Crippen LogP contribution is 2.26. The molecule has 3 rings (SSSR count). The summed E-state index contributed by atoms with van der Waals surface area (Å²) >= 11 is 0.981. The molecule has 136 valence electrons. The molecule has 1 aromatic heterocycles. The summed E-state index contributed by atoms with van der Waals surface area (Å²) in [4.78, 5) is 11.9. The molecule has 0 bridgehead atoms. The lowest BCUT2D eigenvalue weighted by molar-refractivity contribution is -0.131. The smallest absolute Gasteiger partial charge is 0.266 e. The summed E-state index contributed by atoms with van der Waals surface area (Å²) in [7, 11) is -3.91. The fourth-order valence-electron chi connectivity index (χ4n) is 2.57. The van der Waals surface area contributed by atoms with Crippen LogP contribution in [0.5, 0.6) is 0 Å². The molecule has 0 aliphatic carbocycles. The highest BCUT2D eigenvalue weighted by molar-refractivity contribution is 7.88.